The molecule has 35 heavy (non-hydrogen) atoms. The first-order valence-corrected chi connectivity index (χ1v) is 17.1. The Bertz CT molecular complexity index is 534. The molecule has 0 aromatic carbocycles. The molecular weight excluding hydrogens is 454 g/mol. The molecule has 4 nitrogen and oxygen atoms in total. The molecule has 0 aliphatic rings. The zero-order valence-corrected chi connectivity index (χ0v) is 25.0. The van der Waals surface area contributed by atoms with Crippen LogP contribution in [0.5, 0.6) is 0 Å². The van der Waals surface area contributed by atoms with Crippen LogP contribution in [0.1, 0.15) is 161 Å². The first-order valence-electron chi connectivity index (χ1n) is 15.5. The summed E-state index contributed by atoms with van der Waals surface area (Å²) in [7, 11) is 0.496. The molecule has 0 saturated heterocycles. The van der Waals surface area contributed by atoms with E-state index in [2.05, 4.69) is 21.0 Å². The molecule has 0 aromatic rings. The van der Waals surface area contributed by atoms with Crippen LogP contribution in [0.4, 0.5) is 0 Å². The van der Waals surface area contributed by atoms with Gasteiger partial charge in [0.15, 0.2) is 0 Å². The smallest absolute Gasteiger partial charge is 0.265 e. The van der Waals surface area contributed by atoms with Crippen molar-refractivity contribution in [1.29, 1.82) is 0 Å². The average Bonchev–Trinajstić information content (AvgIpc) is 2.78. The molecule has 0 bridgehead atoms. The number of hydrogen-bond acceptors (Lipinski definition) is 2. The highest BCUT2D eigenvalue weighted by Crippen LogP contribution is 2.15. The average molecular weight is 519 g/mol. The van der Waals surface area contributed by atoms with Gasteiger partial charge in [0.2, 0.25) is 0 Å². The summed E-state index contributed by atoms with van der Waals surface area (Å²) < 4.78 is 31.4. The second-order valence-electron chi connectivity index (χ2n) is 11.8. The Labute approximate surface area is 221 Å². The van der Waals surface area contributed by atoms with Crippen molar-refractivity contribution in [1.82, 2.24) is 0 Å². The lowest BCUT2D eigenvalue weighted by molar-refractivity contribution is -0.890. The van der Waals surface area contributed by atoms with Crippen molar-refractivity contribution in [2.75, 3.05) is 32.9 Å². The molecule has 0 fully saturated rings. The molecule has 0 aromatic heterocycles. The summed E-state index contributed by atoms with van der Waals surface area (Å²) in [5.74, 6) is -0.117. The van der Waals surface area contributed by atoms with Crippen LogP contribution in [0.25, 0.3) is 0 Å². The van der Waals surface area contributed by atoms with Crippen LogP contribution >= 0.6 is 0 Å². The molecule has 0 aliphatic heterocycles. The summed E-state index contributed by atoms with van der Waals surface area (Å²) in [4.78, 5) is 0. The number of hydrogen-bond donors (Lipinski definition) is 1. The zero-order valence-electron chi connectivity index (χ0n) is 24.2. The van der Waals surface area contributed by atoms with E-state index in [0.29, 0.717) is 6.42 Å². The third kappa shape index (κ3) is 30.0. The fraction of sp³-hybridized carbons (Fsp3) is 1.00. The lowest BCUT2D eigenvalue weighted by atomic mass is 10.0. The van der Waals surface area contributed by atoms with Gasteiger partial charge >= 0.3 is 0 Å². The Morgan fingerprint density at radius 3 is 1.00 bits per heavy atom. The topological polar surface area (TPSA) is 54.4 Å². The summed E-state index contributed by atoms with van der Waals surface area (Å²) in [6.07, 6.45) is 33.0. The quantitative estimate of drug-likeness (QED) is 0.0637. The molecule has 212 valence electrons. The molecule has 0 radical (unpaired) electrons. The van der Waals surface area contributed by atoms with Gasteiger partial charge in [-0.05, 0) is 12.8 Å². The van der Waals surface area contributed by atoms with Crippen molar-refractivity contribution in [2.24, 2.45) is 0 Å². The highest BCUT2D eigenvalue weighted by atomic mass is 32.2. The molecule has 0 atom stereocenters. The minimum atomic E-state index is -3.81. The molecule has 5 heteroatoms. The molecule has 0 heterocycles. The molecular formula is C30H64NO3S+. The lowest BCUT2D eigenvalue weighted by Crippen LogP contribution is -2.41. The fourth-order valence-corrected chi connectivity index (χ4v) is 5.61. The number of unbranched alkanes of at least 4 members (excludes halogenated alkanes) is 22. The van der Waals surface area contributed by atoms with Gasteiger partial charge in [-0.3, -0.25) is 4.55 Å². The molecule has 0 spiro atoms. The molecule has 0 saturated carbocycles. The van der Waals surface area contributed by atoms with Gasteiger partial charge in [0.25, 0.3) is 10.1 Å². The summed E-state index contributed by atoms with van der Waals surface area (Å²) in [5, 5.41) is 0. The summed E-state index contributed by atoms with van der Waals surface area (Å²) in [6, 6.07) is 0. The third-order valence-electron chi connectivity index (χ3n) is 7.53. The third-order valence-corrected chi connectivity index (χ3v) is 8.34. The number of nitrogens with zero attached hydrogens (tertiary/aromatic N) is 1. The minimum absolute atomic E-state index is 0.117. The van der Waals surface area contributed by atoms with E-state index >= 15 is 0 Å². The fourth-order valence-electron chi connectivity index (χ4n) is 5.11. The van der Waals surface area contributed by atoms with Crippen LogP contribution in [0, 0.1) is 0 Å². The first kappa shape index (κ1) is 34.9. The van der Waals surface area contributed by atoms with Crippen molar-refractivity contribution in [3.8, 4) is 0 Å². The highest BCUT2D eigenvalue weighted by Gasteiger charge is 2.16. The van der Waals surface area contributed by atoms with E-state index in [-0.39, 0.29) is 5.75 Å². The molecule has 0 aliphatic carbocycles. The molecule has 0 rings (SSSR count). The summed E-state index contributed by atoms with van der Waals surface area (Å²) >= 11 is 0. The van der Waals surface area contributed by atoms with Gasteiger partial charge in [-0.15, -0.1) is 0 Å². The highest BCUT2D eigenvalue weighted by molar-refractivity contribution is 7.85. The standard InChI is InChI=1S/C30H63NO3S/c1-4-5-6-7-8-9-10-11-12-13-14-15-16-17-18-19-20-21-22-23-24-25-26-28-31(2,3)29-27-30-35(32,33)34/h4-30H2,1-3H3/p+1. The van der Waals surface area contributed by atoms with Gasteiger partial charge in [0, 0.05) is 6.42 Å². The monoisotopic (exact) mass is 518 g/mol. The number of rotatable bonds is 28. The van der Waals surface area contributed by atoms with Crippen molar-refractivity contribution in [2.45, 2.75) is 161 Å². The van der Waals surface area contributed by atoms with Gasteiger partial charge in [-0.25, -0.2) is 0 Å². The van der Waals surface area contributed by atoms with Crippen LogP contribution in [-0.4, -0.2) is 50.4 Å². The first-order chi connectivity index (χ1) is 16.8. The van der Waals surface area contributed by atoms with Gasteiger partial charge in [-0.1, -0.05) is 142 Å². The molecule has 0 amide bonds. The van der Waals surface area contributed by atoms with Gasteiger partial charge in [-0.2, -0.15) is 8.42 Å². The second kappa shape index (κ2) is 24.2. The maximum absolute atomic E-state index is 10.8. The SMILES string of the molecule is CCCCCCCCCCCCCCCCCCCCCCCCC[N+](C)(C)CCCS(=O)(=O)O. The van der Waals surface area contributed by atoms with E-state index in [0.717, 1.165) is 17.6 Å². The van der Waals surface area contributed by atoms with Gasteiger partial charge in [0.1, 0.15) is 0 Å². The van der Waals surface area contributed by atoms with Crippen LogP contribution in [-0.2, 0) is 10.1 Å². The lowest BCUT2D eigenvalue weighted by Gasteiger charge is -2.29. The Morgan fingerprint density at radius 1 is 0.457 bits per heavy atom. The van der Waals surface area contributed by atoms with Crippen molar-refractivity contribution in [3.05, 3.63) is 0 Å². The molecule has 0 unspecified atom stereocenters. The summed E-state index contributed by atoms with van der Waals surface area (Å²) in [6.45, 7) is 4.18. The largest absolute Gasteiger partial charge is 0.328 e. The van der Waals surface area contributed by atoms with E-state index < -0.39 is 10.1 Å². The van der Waals surface area contributed by atoms with E-state index in [1.807, 2.05) is 0 Å². The van der Waals surface area contributed by atoms with E-state index in [1.54, 1.807) is 0 Å². The Hall–Kier alpha value is -0.130. The van der Waals surface area contributed by atoms with E-state index in [1.165, 1.54) is 148 Å². The zero-order chi connectivity index (χ0) is 26.1. The predicted octanol–water partition coefficient (Wildman–Crippen LogP) is 9.33. The van der Waals surface area contributed by atoms with Gasteiger partial charge in [0.05, 0.1) is 32.9 Å². The van der Waals surface area contributed by atoms with Crippen LogP contribution < -0.4 is 0 Å². The second-order valence-corrected chi connectivity index (χ2v) is 13.4. The Kier molecular flexibility index (Phi) is 24.1. The Morgan fingerprint density at radius 2 is 0.714 bits per heavy atom. The minimum Gasteiger partial charge on any atom is -0.328 e. The van der Waals surface area contributed by atoms with Crippen LogP contribution in [0.15, 0.2) is 0 Å². The Balaban J connectivity index is 3.22. The maximum Gasteiger partial charge on any atom is 0.265 e. The van der Waals surface area contributed by atoms with Gasteiger partial charge < -0.3 is 4.48 Å². The van der Waals surface area contributed by atoms with Crippen molar-refractivity contribution < 1.29 is 17.5 Å². The van der Waals surface area contributed by atoms with E-state index in [4.69, 9.17) is 4.55 Å². The van der Waals surface area contributed by atoms with Crippen molar-refractivity contribution >= 4 is 10.1 Å². The number of quaternary nitrogens is 1. The van der Waals surface area contributed by atoms with Crippen molar-refractivity contribution in [3.63, 3.8) is 0 Å². The summed E-state index contributed by atoms with van der Waals surface area (Å²) in [5.41, 5.74) is 0. The van der Waals surface area contributed by atoms with E-state index in [9.17, 15) is 8.42 Å². The van der Waals surface area contributed by atoms with Crippen LogP contribution in [0.2, 0.25) is 0 Å². The maximum atomic E-state index is 10.8. The normalized spacial score (nSPS) is 12.5. The predicted molar refractivity (Wildman–Crippen MR) is 155 cm³/mol. The van der Waals surface area contributed by atoms with Crippen LogP contribution in [0.3, 0.4) is 0 Å². The molecule has 1 N–H and O–H groups in total.